The lowest BCUT2D eigenvalue weighted by molar-refractivity contribution is -0.121. The lowest BCUT2D eigenvalue weighted by Crippen LogP contribution is -2.26. The van der Waals surface area contributed by atoms with Crippen LogP contribution >= 0.6 is 0 Å². The first-order valence-corrected chi connectivity index (χ1v) is 9.73. The standard InChI is InChI=1S/C22H24FN3O3/c23-17-9-11-18(12-10-17)29-15-4-3-13-24-21(27)8-5-14-26-16-25-20-7-2-1-6-19(20)22(26)28/h1-2,6-7,9-12,16H,3-5,8,13-15H2,(H,24,27). The van der Waals surface area contributed by atoms with Crippen LogP contribution in [0.5, 0.6) is 5.75 Å². The molecular formula is C22H24FN3O3. The minimum Gasteiger partial charge on any atom is -0.494 e. The highest BCUT2D eigenvalue weighted by Crippen LogP contribution is 2.11. The number of carbonyl (C=O) groups is 1. The molecule has 0 unspecified atom stereocenters. The molecule has 1 amide bonds. The number of aromatic nitrogens is 2. The molecule has 0 aliphatic carbocycles. The number of halogens is 1. The van der Waals surface area contributed by atoms with Crippen molar-refractivity contribution in [3.05, 3.63) is 71.0 Å². The second-order valence-corrected chi connectivity index (χ2v) is 6.72. The van der Waals surface area contributed by atoms with Gasteiger partial charge in [0, 0.05) is 19.5 Å². The Hall–Kier alpha value is -3.22. The number of aryl methyl sites for hydroxylation is 1. The molecule has 0 bridgehead atoms. The van der Waals surface area contributed by atoms with Crippen molar-refractivity contribution in [2.75, 3.05) is 13.2 Å². The zero-order valence-corrected chi connectivity index (χ0v) is 16.1. The highest BCUT2D eigenvalue weighted by atomic mass is 19.1. The van der Waals surface area contributed by atoms with Crippen molar-refractivity contribution in [2.45, 2.75) is 32.2 Å². The van der Waals surface area contributed by atoms with Gasteiger partial charge in [0.2, 0.25) is 5.91 Å². The van der Waals surface area contributed by atoms with Crippen LogP contribution in [0.4, 0.5) is 4.39 Å². The second kappa shape index (κ2) is 10.4. The second-order valence-electron chi connectivity index (χ2n) is 6.72. The minimum absolute atomic E-state index is 0.0359. The molecule has 0 aliphatic rings. The van der Waals surface area contributed by atoms with E-state index in [0.717, 1.165) is 12.8 Å². The van der Waals surface area contributed by atoms with Crippen molar-refractivity contribution >= 4 is 16.8 Å². The molecule has 0 fully saturated rings. The summed E-state index contributed by atoms with van der Waals surface area (Å²) in [5.74, 6) is 0.307. The maximum Gasteiger partial charge on any atom is 0.261 e. The summed E-state index contributed by atoms with van der Waals surface area (Å²) in [6, 6.07) is 13.1. The Kier molecular flexibility index (Phi) is 7.33. The van der Waals surface area contributed by atoms with E-state index >= 15 is 0 Å². The number of para-hydroxylation sites is 1. The topological polar surface area (TPSA) is 73.2 Å². The van der Waals surface area contributed by atoms with Crippen LogP contribution in [-0.4, -0.2) is 28.6 Å². The van der Waals surface area contributed by atoms with E-state index in [2.05, 4.69) is 10.3 Å². The van der Waals surface area contributed by atoms with Gasteiger partial charge in [-0.05, 0) is 55.7 Å². The summed E-state index contributed by atoms with van der Waals surface area (Å²) in [7, 11) is 0. The predicted octanol–water partition coefficient (Wildman–Crippen LogP) is 3.29. The molecule has 0 saturated carbocycles. The number of hydrogen-bond acceptors (Lipinski definition) is 4. The number of unbranched alkanes of at least 4 members (excludes halogenated alkanes) is 1. The summed E-state index contributed by atoms with van der Waals surface area (Å²) in [5, 5.41) is 3.46. The van der Waals surface area contributed by atoms with Crippen LogP contribution in [0.15, 0.2) is 59.7 Å². The molecule has 1 heterocycles. The van der Waals surface area contributed by atoms with E-state index in [-0.39, 0.29) is 17.3 Å². The average molecular weight is 397 g/mol. The summed E-state index contributed by atoms with van der Waals surface area (Å²) in [4.78, 5) is 28.6. The predicted molar refractivity (Wildman–Crippen MR) is 109 cm³/mol. The molecular weight excluding hydrogens is 373 g/mol. The molecule has 3 aromatic rings. The van der Waals surface area contributed by atoms with Crippen molar-refractivity contribution in [3.63, 3.8) is 0 Å². The number of ether oxygens (including phenoxy) is 1. The number of nitrogens with one attached hydrogen (secondary N) is 1. The molecule has 6 nitrogen and oxygen atoms in total. The van der Waals surface area contributed by atoms with E-state index in [4.69, 9.17) is 4.74 Å². The smallest absolute Gasteiger partial charge is 0.261 e. The van der Waals surface area contributed by atoms with Crippen LogP contribution in [-0.2, 0) is 11.3 Å². The lowest BCUT2D eigenvalue weighted by atomic mass is 10.2. The highest BCUT2D eigenvalue weighted by Gasteiger charge is 2.05. The molecule has 0 atom stereocenters. The maximum atomic E-state index is 12.8. The lowest BCUT2D eigenvalue weighted by Gasteiger charge is -2.08. The number of amides is 1. The Morgan fingerprint density at radius 1 is 1.07 bits per heavy atom. The van der Waals surface area contributed by atoms with Crippen molar-refractivity contribution in [3.8, 4) is 5.75 Å². The number of carbonyl (C=O) groups excluding carboxylic acids is 1. The molecule has 0 saturated heterocycles. The Labute approximate surface area is 168 Å². The van der Waals surface area contributed by atoms with Crippen molar-refractivity contribution in [1.29, 1.82) is 0 Å². The third kappa shape index (κ3) is 6.14. The van der Waals surface area contributed by atoms with Gasteiger partial charge in [-0.15, -0.1) is 0 Å². The molecule has 3 rings (SSSR count). The summed E-state index contributed by atoms with van der Waals surface area (Å²) >= 11 is 0. The average Bonchev–Trinajstić information content (AvgIpc) is 2.74. The third-order valence-electron chi connectivity index (χ3n) is 4.51. The van der Waals surface area contributed by atoms with Gasteiger partial charge < -0.3 is 10.1 Å². The largest absolute Gasteiger partial charge is 0.494 e. The Morgan fingerprint density at radius 2 is 1.86 bits per heavy atom. The van der Waals surface area contributed by atoms with Gasteiger partial charge in [-0.3, -0.25) is 14.2 Å². The molecule has 7 heteroatoms. The van der Waals surface area contributed by atoms with E-state index in [0.29, 0.717) is 49.2 Å². The molecule has 0 radical (unpaired) electrons. The van der Waals surface area contributed by atoms with Gasteiger partial charge in [0.15, 0.2) is 0 Å². The van der Waals surface area contributed by atoms with Crippen LogP contribution in [0.3, 0.4) is 0 Å². The van der Waals surface area contributed by atoms with E-state index in [1.807, 2.05) is 12.1 Å². The fourth-order valence-electron chi connectivity index (χ4n) is 2.94. The monoisotopic (exact) mass is 397 g/mol. The zero-order chi connectivity index (χ0) is 20.5. The van der Waals surface area contributed by atoms with E-state index in [1.54, 1.807) is 28.8 Å². The molecule has 1 aromatic heterocycles. The number of hydrogen-bond donors (Lipinski definition) is 1. The summed E-state index contributed by atoms with van der Waals surface area (Å²) in [5.41, 5.74) is 0.590. The van der Waals surface area contributed by atoms with Crippen LogP contribution in [0.2, 0.25) is 0 Å². The van der Waals surface area contributed by atoms with Gasteiger partial charge in [0.1, 0.15) is 11.6 Å². The quantitative estimate of drug-likeness (QED) is 0.533. The van der Waals surface area contributed by atoms with Gasteiger partial charge in [0.05, 0.1) is 23.8 Å². The van der Waals surface area contributed by atoms with Gasteiger partial charge in [-0.2, -0.15) is 0 Å². The Balaban J connectivity index is 1.30. The van der Waals surface area contributed by atoms with E-state index in [9.17, 15) is 14.0 Å². The zero-order valence-electron chi connectivity index (χ0n) is 16.1. The van der Waals surface area contributed by atoms with Crippen LogP contribution < -0.4 is 15.6 Å². The fraction of sp³-hybridized carbons (Fsp3) is 0.318. The maximum absolute atomic E-state index is 12.8. The summed E-state index contributed by atoms with van der Waals surface area (Å²) in [6.45, 7) is 1.54. The summed E-state index contributed by atoms with van der Waals surface area (Å²) in [6.07, 6.45) is 4.03. The van der Waals surface area contributed by atoms with Gasteiger partial charge in [0.25, 0.3) is 5.56 Å². The van der Waals surface area contributed by atoms with Crippen LogP contribution in [0.1, 0.15) is 25.7 Å². The fourth-order valence-corrected chi connectivity index (χ4v) is 2.94. The van der Waals surface area contributed by atoms with Crippen molar-refractivity contribution < 1.29 is 13.9 Å². The molecule has 152 valence electrons. The highest BCUT2D eigenvalue weighted by molar-refractivity contribution is 5.77. The first-order chi connectivity index (χ1) is 14.1. The van der Waals surface area contributed by atoms with Gasteiger partial charge in [-0.25, -0.2) is 9.37 Å². The first kappa shape index (κ1) is 20.5. The Morgan fingerprint density at radius 3 is 2.69 bits per heavy atom. The number of fused-ring (bicyclic) bond motifs is 1. The Bertz CT molecular complexity index is 1000. The van der Waals surface area contributed by atoms with Crippen LogP contribution in [0, 0.1) is 5.82 Å². The molecule has 29 heavy (non-hydrogen) atoms. The minimum atomic E-state index is -0.290. The van der Waals surface area contributed by atoms with Gasteiger partial charge in [-0.1, -0.05) is 12.1 Å². The molecule has 0 aliphatic heterocycles. The number of rotatable bonds is 10. The third-order valence-corrected chi connectivity index (χ3v) is 4.51. The molecule has 2 aromatic carbocycles. The van der Waals surface area contributed by atoms with Crippen molar-refractivity contribution in [2.24, 2.45) is 0 Å². The SMILES string of the molecule is O=C(CCCn1cnc2ccccc2c1=O)NCCCCOc1ccc(F)cc1. The van der Waals surface area contributed by atoms with Gasteiger partial charge >= 0.3 is 0 Å². The van der Waals surface area contributed by atoms with Crippen molar-refractivity contribution in [1.82, 2.24) is 14.9 Å². The molecule has 1 N–H and O–H groups in total. The first-order valence-electron chi connectivity index (χ1n) is 9.73. The van der Waals surface area contributed by atoms with Crippen LogP contribution in [0.25, 0.3) is 10.9 Å². The molecule has 0 spiro atoms. The van der Waals surface area contributed by atoms with E-state index in [1.165, 1.54) is 18.5 Å². The summed E-state index contributed by atoms with van der Waals surface area (Å²) < 4.78 is 19.9. The normalized spacial score (nSPS) is 10.8. The van der Waals surface area contributed by atoms with E-state index < -0.39 is 0 Å². The number of nitrogens with zero attached hydrogens (tertiary/aromatic N) is 2. The number of benzene rings is 2.